The highest BCUT2D eigenvalue weighted by Gasteiger charge is 2.29. The van der Waals surface area contributed by atoms with E-state index in [0.29, 0.717) is 25.9 Å². The van der Waals surface area contributed by atoms with Crippen molar-refractivity contribution in [3.8, 4) is 5.75 Å². The van der Waals surface area contributed by atoms with Gasteiger partial charge in [-0.3, -0.25) is 4.79 Å². The fraction of sp³-hybridized carbons (Fsp3) is 0.591. The van der Waals surface area contributed by atoms with E-state index in [4.69, 9.17) is 9.47 Å². The maximum atomic E-state index is 12.5. The zero-order valence-electron chi connectivity index (χ0n) is 18.1. The lowest BCUT2D eigenvalue weighted by Gasteiger charge is -2.33. The molecule has 8 nitrogen and oxygen atoms in total. The minimum Gasteiger partial charge on any atom is -0.508 e. The van der Waals surface area contributed by atoms with Crippen LogP contribution in [0, 0.1) is 5.92 Å². The number of hydrogen-bond donors (Lipinski definition) is 2. The number of nitrogens with one attached hydrogen (secondary N) is 1. The molecule has 2 amide bonds. The van der Waals surface area contributed by atoms with Crippen LogP contribution >= 0.6 is 0 Å². The molecule has 1 aromatic carbocycles. The molecule has 1 fully saturated rings. The smallest absolute Gasteiger partial charge is 0.410 e. The molecule has 166 valence electrons. The molecule has 0 bridgehead atoms. The predicted octanol–water partition coefficient (Wildman–Crippen LogP) is 2.63. The van der Waals surface area contributed by atoms with Crippen molar-refractivity contribution in [2.24, 2.45) is 5.92 Å². The number of likely N-dealkylation sites (tertiary alicyclic amines) is 1. The van der Waals surface area contributed by atoms with Crippen LogP contribution in [-0.2, 0) is 25.5 Å². The van der Waals surface area contributed by atoms with Gasteiger partial charge in [0.05, 0.1) is 7.11 Å². The van der Waals surface area contributed by atoms with E-state index in [1.54, 1.807) is 17.0 Å². The summed E-state index contributed by atoms with van der Waals surface area (Å²) in [6.07, 6.45) is 1.63. The van der Waals surface area contributed by atoms with Crippen LogP contribution in [0.15, 0.2) is 24.3 Å². The molecule has 1 heterocycles. The molecule has 1 aliphatic rings. The van der Waals surface area contributed by atoms with Crippen molar-refractivity contribution in [1.29, 1.82) is 0 Å². The standard InChI is InChI=1S/C22H32N2O6/c1-22(2,3)30-21(28)24-11-9-16(10-12-24)14-19(26)23-18(20(27)29-4)13-15-5-7-17(25)8-6-15/h5-8,16,18,25H,9-14H2,1-4H3,(H,23,26)/t18-/m0/s1. The number of amides is 2. The lowest BCUT2D eigenvalue weighted by Crippen LogP contribution is -2.45. The highest BCUT2D eigenvalue weighted by molar-refractivity contribution is 5.84. The Morgan fingerprint density at radius 3 is 2.30 bits per heavy atom. The molecular weight excluding hydrogens is 388 g/mol. The number of nitrogens with zero attached hydrogens (tertiary/aromatic N) is 1. The van der Waals surface area contributed by atoms with E-state index in [9.17, 15) is 19.5 Å². The minimum atomic E-state index is -0.797. The molecular formula is C22H32N2O6. The summed E-state index contributed by atoms with van der Waals surface area (Å²) >= 11 is 0. The third-order valence-electron chi connectivity index (χ3n) is 4.94. The Kier molecular flexibility index (Phi) is 8.08. The highest BCUT2D eigenvalue weighted by atomic mass is 16.6. The van der Waals surface area contributed by atoms with Crippen LogP contribution in [0.4, 0.5) is 4.79 Å². The van der Waals surface area contributed by atoms with Crippen molar-refractivity contribution >= 4 is 18.0 Å². The largest absolute Gasteiger partial charge is 0.508 e. The summed E-state index contributed by atoms with van der Waals surface area (Å²) in [5.41, 5.74) is 0.267. The predicted molar refractivity (Wildman–Crippen MR) is 111 cm³/mol. The Bertz CT molecular complexity index is 733. The molecule has 1 atom stereocenters. The fourth-order valence-electron chi connectivity index (χ4n) is 3.36. The first-order chi connectivity index (χ1) is 14.1. The molecule has 8 heteroatoms. The Labute approximate surface area is 177 Å². The lowest BCUT2D eigenvalue weighted by molar-refractivity contribution is -0.145. The van der Waals surface area contributed by atoms with E-state index in [1.165, 1.54) is 19.2 Å². The van der Waals surface area contributed by atoms with Crippen LogP contribution < -0.4 is 5.32 Å². The number of phenolic OH excluding ortho intramolecular Hbond substituents is 1. The van der Waals surface area contributed by atoms with Gasteiger partial charge in [0.25, 0.3) is 0 Å². The molecule has 1 aromatic rings. The summed E-state index contributed by atoms with van der Waals surface area (Å²) in [5.74, 6) is -0.471. The number of methoxy groups -OCH3 is 1. The second-order valence-electron chi connectivity index (χ2n) is 8.63. The van der Waals surface area contributed by atoms with Crippen LogP contribution in [0.2, 0.25) is 0 Å². The van der Waals surface area contributed by atoms with Gasteiger partial charge in [-0.25, -0.2) is 9.59 Å². The number of ether oxygens (including phenoxy) is 2. The lowest BCUT2D eigenvalue weighted by atomic mass is 9.93. The Balaban J connectivity index is 1.85. The number of aromatic hydroxyl groups is 1. The van der Waals surface area contributed by atoms with Gasteiger partial charge in [-0.05, 0) is 57.2 Å². The van der Waals surface area contributed by atoms with Crippen LogP contribution in [0.1, 0.15) is 45.6 Å². The van der Waals surface area contributed by atoms with Gasteiger partial charge in [0.1, 0.15) is 17.4 Å². The van der Waals surface area contributed by atoms with Crippen LogP contribution in [0.25, 0.3) is 0 Å². The number of rotatable bonds is 6. The van der Waals surface area contributed by atoms with Crippen molar-refractivity contribution in [3.05, 3.63) is 29.8 Å². The van der Waals surface area contributed by atoms with E-state index in [0.717, 1.165) is 5.56 Å². The highest BCUT2D eigenvalue weighted by Crippen LogP contribution is 2.22. The molecule has 0 aliphatic carbocycles. The zero-order valence-corrected chi connectivity index (χ0v) is 18.1. The molecule has 2 N–H and O–H groups in total. The molecule has 1 aliphatic heterocycles. The number of carbonyl (C=O) groups excluding carboxylic acids is 3. The summed E-state index contributed by atoms with van der Waals surface area (Å²) in [6.45, 7) is 6.58. The first kappa shape index (κ1) is 23.5. The number of esters is 1. The van der Waals surface area contributed by atoms with E-state index in [2.05, 4.69) is 5.32 Å². The van der Waals surface area contributed by atoms with Crippen molar-refractivity contribution in [2.75, 3.05) is 20.2 Å². The van der Waals surface area contributed by atoms with Crippen LogP contribution in [-0.4, -0.2) is 59.8 Å². The molecule has 0 radical (unpaired) electrons. The van der Waals surface area contributed by atoms with Crippen molar-refractivity contribution in [1.82, 2.24) is 10.2 Å². The SMILES string of the molecule is COC(=O)[C@H](Cc1ccc(O)cc1)NC(=O)CC1CCN(C(=O)OC(C)(C)C)CC1. The third-order valence-corrected chi connectivity index (χ3v) is 4.94. The number of carbonyl (C=O) groups is 3. The van der Waals surface area contributed by atoms with E-state index in [1.807, 2.05) is 20.8 Å². The van der Waals surface area contributed by atoms with Crippen LogP contribution in [0.5, 0.6) is 5.75 Å². The molecule has 0 unspecified atom stereocenters. The summed E-state index contributed by atoms with van der Waals surface area (Å²) < 4.78 is 10.2. The van der Waals surface area contributed by atoms with Crippen molar-refractivity contribution in [2.45, 2.75) is 58.1 Å². The summed E-state index contributed by atoms with van der Waals surface area (Å²) in [7, 11) is 1.28. The molecule has 0 saturated carbocycles. The van der Waals surface area contributed by atoms with E-state index < -0.39 is 17.6 Å². The van der Waals surface area contributed by atoms with Crippen molar-refractivity contribution in [3.63, 3.8) is 0 Å². The van der Waals surface area contributed by atoms with Gasteiger partial charge in [0, 0.05) is 25.9 Å². The minimum absolute atomic E-state index is 0.134. The van der Waals surface area contributed by atoms with Gasteiger partial charge in [0.15, 0.2) is 0 Å². The van der Waals surface area contributed by atoms with Gasteiger partial charge in [-0.2, -0.15) is 0 Å². The summed E-state index contributed by atoms with van der Waals surface area (Å²) in [5, 5.41) is 12.2. The molecule has 0 spiro atoms. The summed E-state index contributed by atoms with van der Waals surface area (Å²) in [6, 6.07) is 5.66. The van der Waals surface area contributed by atoms with Crippen LogP contribution in [0.3, 0.4) is 0 Å². The third kappa shape index (κ3) is 7.57. The normalized spacial score (nSPS) is 15.9. The number of hydrogen-bond acceptors (Lipinski definition) is 6. The number of piperidine rings is 1. The van der Waals surface area contributed by atoms with Gasteiger partial charge < -0.3 is 24.8 Å². The van der Waals surface area contributed by atoms with Gasteiger partial charge in [0.2, 0.25) is 5.91 Å². The first-order valence-electron chi connectivity index (χ1n) is 10.2. The summed E-state index contributed by atoms with van der Waals surface area (Å²) in [4.78, 5) is 38.4. The molecule has 0 aromatic heterocycles. The molecule has 2 rings (SSSR count). The number of phenols is 1. The second-order valence-corrected chi connectivity index (χ2v) is 8.63. The average molecular weight is 421 g/mol. The zero-order chi connectivity index (χ0) is 22.3. The topological polar surface area (TPSA) is 105 Å². The fourth-order valence-corrected chi connectivity index (χ4v) is 3.36. The first-order valence-corrected chi connectivity index (χ1v) is 10.2. The van der Waals surface area contributed by atoms with Gasteiger partial charge in [-0.1, -0.05) is 12.1 Å². The second kappa shape index (κ2) is 10.3. The maximum Gasteiger partial charge on any atom is 0.410 e. The molecule has 30 heavy (non-hydrogen) atoms. The van der Waals surface area contributed by atoms with Crippen molar-refractivity contribution < 1.29 is 29.0 Å². The van der Waals surface area contributed by atoms with Gasteiger partial charge >= 0.3 is 12.1 Å². The van der Waals surface area contributed by atoms with E-state index in [-0.39, 0.29) is 36.5 Å². The Morgan fingerprint density at radius 2 is 1.77 bits per heavy atom. The van der Waals surface area contributed by atoms with E-state index >= 15 is 0 Å². The monoisotopic (exact) mass is 420 g/mol. The maximum absolute atomic E-state index is 12.5. The average Bonchev–Trinajstić information content (AvgIpc) is 2.67. The quantitative estimate of drug-likeness (QED) is 0.686. The number of benzene rings is 1. The Hall–Kier alpha value is -2.77. The Morgan fingerprint density at radius 1 is 1.17 bits per heavy atom. The molecule has 1 saturated heterocycles. The van der Waals surface area contributed by atoms with Gasteiger partial charge in [-0.15, -0.1) is 0 Å².